The highest BCUT2D eigenvalue weighted by molar-refractivity contribution is 7.98. The lowest BCUT2D eigenvalue weighted by Crippen LogP contribution is -2.25. The Morgan fingerprint density at radius 3 is 2.59 bits per heavy atom. The Kier molecular flexibility index (Phi) is 4.74. The van der Waals surface area contributed by atoms with Crippen molar-refractivity contribution >= 4 is 23.5 Å². The van der Waals surface area contributed by atoms with Crippen molar-refractivity contribution in [1.29, 1.82) is 0 Å². The van der Waals surface area contributed by atoms with Crippen LogP contribution >= 0.6 is 11.8 Å². The number of nitrogens with two attached hydrogens (primary N) is 1. The van der Waals surface area contributed by atoms with Crippen LogP contribution < -0.4 is 11.1 Å². The van der Waals surface area contributed by atoms with Gasteiger partial charge in [-0.1, -0.05) is 25.6 Å². The lowest BCUT2D eigenvalue weighted by atomic mass is 10.1. The molecular formula is C11H18N4OS. The summed E-state index contributed by atoms with van der Waals surface area (Å²) in [6.45, 7) is 6.23. The van der Waals surface area contributed by atoms with Gasteiger partial charge in [0.15, 0.2) is 5.16 Å². The second-order valence-corrected chi connectivity index (χ2v) is 4.93. The van der Waals surface area contributed by atoms with Crippen molar-refractivity contribution in [3.63, 3.8) is 0 Å². The van der Waals surface area contributed by atoms with Gasteiger partial charge in [0, 0.05) is 12.2 Å². The molecular weight excluding hydrogens is 236 g/mol. The molecule has 6 heteroatoms. The predicted molar refractivity (Wildman–Crippen MR) is 70.3 cm³/mol. The molecule has 1 aromatic heterocycles. The largest absolute Gasteiger partial charge is 0.367 e. The lowest BCUT2D eigenvalue weighted by Gasteiger charge is -2.19. The minimum Gasteiger partial charge on any atom is -0.367 e. The summed E-state index contributed by atoms with van der Waals surface area (Å²) in [5, 5.41) is 3.82. The van der Waals surface area contributed by atoms with E-state index in [0.717, 1.165) is 0 Å². The third-order valence-corrected chi connectivity index (χ3v) is 3.14. The van der Waals surface area contributed by atoms with Crippen LogP contribution in [0.15, 0.2) is 11.4 Å². The molecule has 0 aliphatic heterocycles. The molecule has 0 bridgehead atoms. The zero-order valence-corrected chi connectivity index (χ0v) is 11.3. The quantitative estimate of drug-likeness (QED) is 0.618. The first-order valence-electron chi connectivity index (χ1n) is 5.43. The van der Waals surface area contributed by atoms with Crippen LogP contribution in [0, 0.1) is 5.92 Å². The number of anilines is 1. The van der Waals surface area contributed by atoms with E-state index >= 15 is 0 Å². The Balaban J connectivity index is 3.05. The number of carbonyl (C=O) groups excluding carboxylic acids is 1. The summed E-state index contributed by atoms with van der Waals surface area (Å²) < 4.78 is 0. The molecule has 1 amide bonds. The topological polar surface area (TPSA) is 80.9 Å². The number of nitrogens with zero attached hydrogens (tertiary/aromatic N) is 2. The number of nitrogens with one attached hydrogen (secondary N) is 1. The van der Waals surface area contributed by atoms with Gasteiger partial charge < -0.3 is 11.1 Å². The molecule has 3 N–H and O–H groups in total. The Hall–Kier alpha value is -1.30. The van der Waals surface area contributed by atoms with Crippen LogP contribution in [0.2, 0.25) is 0 Å². The highest BCUT2D eigenvalue weighted by Crippen LogP contribution is 2.18. The summed E-state index contributed by atoms with van der Waals surface area (Å²) in [5.74, 6) is 0.428. The summed E-state index contributed by atoms with van der Waals surface area (Å²) in [5.41, 5.74) is 5.62. The molecule has 1 heterocycles. The fourth-order valence-corrected chi connectivity index (χ4v) is 1.48. The molecule has 0 radical (unpaired) electrons. The molecule has 94 valence electrons. The number of amides is 1. The Morgan fingerprint density at radius 1 is 1.47 bits per heavy atom. The molecule has 1 atom stereocenters. The van der Waals surface area contributed by atoms with Crippen LogP contribution in [0.5, 0.6) is 0 Å². The SMILES string of the molecule is CSc1ncc(C(N)=O)c(NC(C)C(C)C)n1. The third-order valence-electron chi connectivity index (χ3n) is 2.58. The van der Waals surface area contributed by atoms with Crippen LogP contribution in [0.3, 0.4) is 0 Å². The first kappa shape index (κ1) is 13.8. The van der Waals surface area contributed by atoms with Crippen LogP contribution in [-0.2, 0) is 0 Å². The van der Waals surface area contributed by atoms with Crippen molar-refractivity contribution in [3.05, 3.63) is 11.8 Å². The molecule has 0 aromatic carbocycles. The maximum atomic E-state index is 11.3. The Morgan fingerprint density at radius 2 is 2.12 bits per heavy atom. The van der Waals surface area contributed by atoms with E-state index in [9.17, 15) is 4.79 Å². The summed E-state index contributed by atoms with van der Waals surface area (Å²) in [4.78, 5) is 19.6. The first-order chi connectivity index (χ1) is 7.95. The summed E-state index contributed by atoms with van der Waals surface area (Å²) in [6.07, 6.45) is 3.35. The molecule has 0 aliphatic rings. The summed E-state index contributed by atoms with van der Waals surface area (Å²) in [7, 11) is 0. The molecule has 0 saturated heterocycles. The number of carbonyl (C=O) groups is 1. The number of aromatic nitrogens is 2. The van der Waals surface area contributed by atoms with E-state index in [2.05, 4.69) is 29.1 Å². The zero-order chi connectivity index (χ0) is 13.0. The number of hydrogen-bond donors (Lipinski definition) is 2. The van der Waals surface area contributed by atoms with Crippen LogP contribution in [0.25, 0.3) is 0 Å². The molecule has 1 unspecified atom stereocenters. The van der Waals surface area contributed by atoms with Crippen molar-refractivity contribution < 1.29 is 4.79 Å². The summed E-state index contributed by atoms with van der Waals surface area (Å²) >= 11 is 1.42. The van der Waals surface area contributed by atoms with Gasteiger partial charge in [-0.2, -0.15) is 0 Å². The Bertz CT molecular complexity index is 408. The van der Waals surface area contributed by atoms with Crippen molar-refractivity contribution in [2.45, 2.75) is 32.0 Å². The maximum absolute atomic E-state index is 11.3. The van der Waals surface area contributed by atoms with Gasteiger partial charge in [0.05, 0.1) is 5.56 Å². The predicted octanol–water partition coefficient (Wildman–Crippen LogP) is 1.75. The van der Waals surface area contributed by atoms with Crippen molar-refractivity contribution in [3.8, 4) is 0 Å². The lowest BCUT2D eigenvalue weighted by molar-refractivity contribution is 0.1000. The molecule has 0 spiro atoms. The molecule has 5 nitrogen and oxygen atoms in total. The molecule has 17 heavy (non-hydrogen) atoms. The van der Waals surface area contributed by atoms with Gasteiger partial charge in [0.2, 0.25) is 0 Å². The number of hydrogen-bond acceptors (Lipinski definition) is 5. The monoisotopic (exact) mass is 254 g/mol. The number of primary amides is 1. The number of thioether (sulfide) groups is 1. The van der Waals surface area contributed by atoms with Crippen LogP contribution in [-0.4, -0.2) is 28.2 Å². The minimum atomic E-state index is -0.517. The van der Waals surface area contributed by atoms with Crippen molar-refractivity contribution in [2.75, 3.05) is 11.6 Å². The van der Waals surface area contributed by atoms with Gasteiger partial charge in [0.1, 0.15) is 5.82 Å². The Labute approximate surface area is 106 Å². The first-order valence-corrected chi connectivity index (χ1v) is 6.65. The number of rotatable bonds is 5. The molecule has 1 rings (SSSR count). The normalized spacial score (nSPS) is 12.5. The van der Waals surface area contributed by atoms with Gasteiger partial charge >= 0.3 is 0 Å². The molecule has 0 fully saturated rings. The minimum absolute atomic E-state index is 0.206. The van der Waals surface area contributed by atoms with E-state index in [4.69, 9.17) is 5.73 Å². The van der Waals surface area contributed by atoms with E-state index in [1.807, 2.05) is 13.2 Å². The van der Waals surface area contributed by atoms with Crippen molar-refractivity contribution in [2.24, 2.45) is 11.7 Å². The van der Waals surface area contributed by atoms with E-state index in [1.54, 1.807) is 0 Å². The fourth-order valence-electron chi connectivity index (χ4n) is 1.14. The maximum Gasteiger partial charge on any atom is 0.254 e. The van der Waals surface area contributed by atoms with Crippen LogP contribution in [0.4, 0.5) is 5.82 Å². The second kappa shape index (κ2) is 5.86. The van der Waals surface area contributed by atoms with E-state index in [-0.39, 0.29) is 6.04 Å². The van der Waals surface area contributed by atoms with Crippen molar-refractivity contribution in [1.82, 2.24) is 9.97 Å². The van der Waals surface area contributed by atoms with Gasteiger partial charge in [-0.15, -0.1) is 0 Å². The van der Waals surface area contributed by atoms with E-state index < -0.39 is 5.91 Å². The average Bonchev–Trinajstić information content (AvgIpc) is 2.28. The third kappa shape index (κ3) is 3.59. The standard InChI is InChI=1S/C11H18N4OS/c1-6(2)7(3)14-10-8(9(12)16)5-13-11(15-10)17-4/h5-7H,1-4H3,(H2,12,16)(H,13,14,15). The average molecular weight is 254 g/mol. The fraction of sp³-hybridized carbons (Fsp3) is 0.545. The van der Waals surface area contributed by atoms with Gasteiger partial charge in [-0.3, -0.25) is 4.79 Å². The van der Waals surface area contributed by atoms with Crippen LogP contribution in [0.1, 0.15) is 31.1 Å². The van der Waals surface area contributed by atoms with E-state index in [0.29, 0.717) is 22.5 Å². The van der Waals surface area contributed by atoms with E-state index in [1.165, 1.54) is 18.0 Å². The molecule has 0 saturated carbocycles. The van der Waals surface area contributed by atoms with Gasteiger partial charge in [-0.05, 0) is 19.1 Å². The van der Waals surface area contributed by atoms with Gasteiger partial charge in [-0.25, -0.2) is 9.97 Å². The summed E-state index contributed by atoms with van der Waals surface area (Å²) in [6, 6.07) is 0.206. The zero-order valence-electron chi connectivity index (χ0n) is 10.5. The van der Waals surface area contributed by atoms with Gasteiger partial charge in [0.25, 0.3) is 5.91 Å². The smallest absolute Gasteiger partial charge is 0.254 e. The second-order valence-electron chi connectivity index (χ2n) is 4.16. The molecule has 0 aliphatic carbocycles. The highest BCUT2D eigenvalue weighted by atomic mass is 32.2. The molecule has 1 aromatic rings. The highest BCUT2D eigenvalue weighted by Gasteiger charge is 2.15.